The molecule has 3 aromatic rings. The number of ether oxygens (including phenoxy) is 1. The van der Waals surface area contributed by atoms with Gasteiger partial charge in [-0.05, 0) is 100 Å². The van der Waals surface area contributed by atoms with E-state index in [4.69, 9.17) is 14.7 Å². The van der Waals surface area contributed by atoms with Crippen LogP contribution in [0.2, 0.25) is 0 Å². The molecule has 8 heteroatoms. The maximum atomic E-state index is 13.7. The first-order chi connectivity index (χ1) is 20.8. The quantitative estimate of drug-likeness (QED) is 0.272. The van der Waals surface area contributed by atoms with Crippen LogP contribution in [-0.2, 0) is 19.7 Å². The number of carbonyl (C=O) groups excluding carboxylic acids is 1. The number of fused-ring (bicyclic) bond motifs is 11. The van der Waals surface area contributed by atoms with Gasteiger partial charge in [0.2, 0.25) is 0 Å². The number of carbonyl (C=O) groups is 2. The molecule has 6 rings (SSSR count). The highest BCUT2D eigenvalue weighted by Crippen LogP contribution is 2.61. The lowest BCUT2D eigenvalue weighted by Crippen LogP contribution is -2.54. The van der Waals surface area contributed by atoms with Gasteiger partial charge in [-0.2, -0.15) is 0 Å². The Hall–Kier alpha value is -4.72. The van der Waals surface area contributed by atoms with E-state index in [9.17, 15) is 14.7 Å². The van der Waals surface area contributed by atoms with Crippen LogP contribution in [0.25, 0.3) is 39.3 Å². The zero-order valence-corrected chi connectivity index (χ0v) is 26.5. The van der Waals surface area contributed by atoms with Gasteiger partial charge in [0.1, 0.15) is 5.41 Å². The highest BCUT2D eigenvalue weighted by atomic mass is 16.5. The van der Waals surface area contributed by atoms with Crippen molar-refractivity contribution in [3.63, 3.8) is 0 Å². The molecule has 0 saturated carbocycles. The smallest absolute Gasteiger partial charge is 0.332 e. The average molecular weight is 591 g/mol. The van der Waals surface area contributed by atoms with E-state index in [2.05, 4.69) is 49.5 Å². The summed E-state index contributed by atoms with van der Waals surface area (Å²) in [6.45, 7) is 18.0. The normalized spacial score (nSPS) is 22.8. The number of allylic oxidation sites excluding steroid dienone is 3. The molecule has 0 aromatic carbocycles. The standard InChI is InChI=1S/C36H38N4O4/c1-10-22-21(6)28-15-31-23-11-12-24(33(41)42)36(8,34(43)44-9)35(23,7)32(40-31)16-29-20(5)19(4)26(38-29)13-25-17(2)18(3)27(37-25)14-30(22)39-28/h10,12-16,23,38-39H,1,11H2,2-9H3,(H,41,42). The van der Waals surface area contributed by atoms with Crippen molar-refractivity contribution in [1.29, 1.82) is 0 Å². The number of hydrogen-bond acceptors (Lipinski definition) is 5. The molecule has 1 aliphatic carbocycles. The number of hydrogen-bond donors (Lipinski definition) is 3. The SMILES string of the molecule is C=Cc1c(C)c2cc3nc(cc4[nH]c(cc5nc(cc1[nH]2)C(C)=C5C)c(C)c4C)C1(C)C3CC=C(C(=O)O)C1(C)C(=O)OC. The van der Waals surface area contributed by atoms with E-state index in [-0.39, 0.29) is 11.5 Å². The largest absolute Gasteiger partial charge is 0.478 e. The second-order valence-electron chi connectivity index (χ2n) is 12.6. The van der Waals surface area contributed by atoms with Gasteiger partial charge in [0, 0.05) is 44.7 Å². The van der Waals surface area contributed by atoms with Crippen LogP contribution in [0.5, 0.6) is 0 Å². The molecular weight excluding hydrogens is 552 g/mol. The van der Waals surface area contributed by atoms with Crippen molar-refractivity contribution in [1.82, 2.24) is 19.9 Å². The molecule has 3 atom stereocenters. The highest BCUT2D eigenvalue weighted by molar-refractivity contribution is 5.99. The molecule has 44 heavy (non-hydrogen) atoms. The first-order valence-corrected chi connectivity index (χ1v) is 14.8. The maximum absolute atomic E-state index is 13.7. The number of carboxylic acid groups (broad SMARTS) is 1. The van der Waals surface area contributed by atoms with Crippen molar-refractivity contribution in [3.05, 3.63) is 87.5 Å². The molecule has 226 valence electrons. The summed E-state index contributed by atoms with van der Waals surface area (Å²) < 4.78 is 5.31. The Bertz CT molecular complexity index is 2040. The summed E-state index contributed by atoms with van der Waals surface area (Å²) in [5, 5.41) is 10.3. The van der Waals surface area contributed by atoms with Crippen molar-refractivity contribution < 1.29 is 19.4 Å². The third-order valence-electron chi connectivity index (χ3n) is 10.7. The summed E-state index contributed by atoms with van der Waals surface area (Å²) in [4.78, 5) is 43.7. The Kier molecular flexibility index (Phi) is 6.61. The van der Waals surface area contributed by atoms with Crippen molar-refractivity contribution in [3.8, 4) is 0 Å². The Morgan fingerprint density at radius 1 is 0.909 bits per heavy atom. The van der Waals surface area contributed by atoms with E-state index in [1.54, 1.807) is 13.0 Å². The van der Waals surface area contributed by atoms with E-state index < -0.39 is 22.8 Å². The Labute approximate surface area is 256 Å². The minimum atomic E-state index is -1.51. The molecular formula is C36H38N4O4. The summed E-state index contributed by atoms with van der Waals surface area (Å²) in [6, 6.07) is 8.14. The molecule has 3 N–H and O–H groups in total. The van der Waals surface area contributed by atoms with Gasteiger partial charge < -0.3 is 19.8 Å². The monoisotopic (exact) mass is 590 g/mol. The minimum absolute atomic E-state index is 0.0235. The number of H-pyrrole nitrogens is 2. The number of esters is 1. The molecule has 0 spiro atoms. The van der Waals surface area contributed by atoms with Gasteiger partial charge in [-0.15, -0.1) is 0 Å². The number of methoxy groups -OCH3 is 1. The van der Waals surface area contributed by atoms with Gasteiger partial charge in [-0.3, -0.25) is 9.78 Å². The van der Waals surface area contributed by atoms with Gasteiger partial charge in [0.25, 0.3) is 0 Å². The van der Waals surface area contributed by atoms with Crippen LogP contribution < -0.4 is 0 Å². The number of nitrogens with one attached hydrogen (secondary N) is 2. The fraction of sp³-hybridized carbons (Fsp3) is 0.333. The van der Waals surface area contributed by atoms with Crippen LogP contribution in [0.4, 0.5) is 0 Å². The topological polar surface area (TPSA) is 121 Å². The van der Waals surface area contributed by atoms with Crippen molar-refractivity contribution in [2.45, 2.75) is 66.2 Å². The van der Waals surface area contributed by atoms with Gasteiger partial charge in [-0.1, -0.05) is 25.7 Å². The van der Waals surface area contributed by atoms with Crippen LogP contribution in [0.15, 0.2) is 42.5 Å². The van der Waals surface area contributed by atoms with Crippen LogP contribution in [0, 0.1) is 26.2 Å². The van der Waals surface area contributed by atoms with Crippen LogP contribution >= 0.6 is 0 Å². The van der Waals surface area contributed by atoms with E-state index in [0.29, 0.717) is 12.1 Å². The summed E-state index contributed by atoms with van der Waals surface area (Å²) in [5.41, 5.74) is 10.5. The minimum Gasteiger partial charge on any atom is -0.478 e. The Morgan fingerprint density at radius 3 is 2.07 bits per heavy atom. The molecule has 0 radical (unpaired) electrons. The first-order valence-electron chi connectivity index (χ1n) is 14.8. The first kappa shape index (κ1) is 29.4. The maximum Gasteiger partial charge on any atom is 0.332 e. The second kappa shape index (κ2) is 9.91. The average Bonchev–Trinajstić information content (AvgIpc) is 3.62. The number of carboxylic acids is 1. The molecule has 2 aliphatic heterocycles. The Morgan fingerprint density at radius 2 is 1.48 bits per heavy atom. The van der Waals surface area contributed by atoms with E-state index in [0.717, 1.165) is 72.5 Å². The van der Waals surface area contributed by atoms with E-state index >= 15 is 0 Å². The van der Waals surface area contributed by atoms with E-state index in [1.165, 1.54) is 7.11 Å². The van der Waals surface area contributed by atoms with Crippen molar-refractivity contribution in [2.75, 3.05) is 7.11 Å². The number of aryl methyl sites for hydroxylation is 3. The Balaban J connectivity index is 1.81. The summed E-state index contributed by atoms with van der Waals surface area (Å²) in [5.74, 6) is -2.03. The molecule has 0 amide bonds. The fourth-order valence-corrected chi connectivity index (χ4v) is 7.35. The van der Waals surface area contributed by atoms with Gasteiger partial charge in [-0.25, -0.2) is 9.78 Å². The zero-order chi connectivity index (χ0) is 31.9. The predicted octanol–water partition coefficient (Wildman–Crippen LogP) is 7.47. The molecule has 0 saturated heterocycles. The molecule has 8 bridgehead atoms. The lowest BCUT2D eigenvalue weighted by Gasteiger charge is -2.48. The highest BCUT2D eigenvalue weighted by Gasteiger charge is 2.64. The summed E-state index contributed by atoms with van der Waals surface area (Å²) in [7, 11) is 1.30. The predicted molar refractivity (Wildman–Crippen MR) is 174 cm³/mol. The molecule has 5 heterocycles. The van der Waals surface area contributed by atoms with Crippen molar-refractivity contribution >= 4 is 51.2 Å². The van der Waals surface area contributed by atoms with Crippen molar-refractivity contribution in [2.24, 2.45) is 5.41 Å². The number of rotatable bonds is 3. The number of aromatic nitrogens is 4. The zero-order valence-electron chi connectivity index (χ0n) is 26.5. The second-order valence-corrected chi connectivity index (χ2v) is 12.6. The number of aromatic amines is 2. The van der Waals surface area contributed by atoms with Crippen LogP contribution in [0.1, 0.15) is 85.1 Å². The summed E-state index contributed by atoms with van der Waals surface area (Å²) in [6.07, 6.45) is 3.91. The molecule has 3 aliphatic rings. The lowest BCUT2D eigenvalue weighted by atomic mass is 9.51. The third-order valence-corrected chi connectivity index (χ3v) is 10.7. The third kappa shape index (κ3) is 3.82. The van der Waals surface area contributed by atoms with Gasteiger partial charge in [0.05, 0.1) is 29.8 Å². The fourth-order valence-electron chi connectivity index (χ4n) is 7.35. The lowest BCUT2D eigenvalue weighted by molar-refractivity contribution is -0.157. The number of nitrogens with zero attached hydrogens (tertiary/aromatic N) is 2. The molecule has 3 aromatic heterocycles. The summed E-state index contributed by atoms with van der Waals surface area (Å²) >= 11 is 0. The molecule has 8 nitrogen and oxygen atoms in total. The van der Waals surface area contributed by atoms with Crippen LogP contribution in [-0.4, -0.2) is 44.1 Å². The van der Waals surface area contributed by atoms with Gasteiger partial charge in [0.15, 0.2) is 0 Å². The number of aliphatic carboxylic acids is 1. The molecule has 0 fully saturated rings. The van der Waals surface area contributed by atoms with E-state index in [1.807, 2.05) is 39.0 Å². The van der Waals surface area contributed by atoms with Crippen LogP contribution in [0.3, 0.4) is 0 Å². The molecule has 3 unspecified atom stereocenters. The van der Waals surface area contributed by atoms with Gasteiger partial charge >= 0.3 is 11.9 Å².